The lowest BCUT2D eigenvalue weighted by atomic mass is 9.92. The highest BCUT2D eigenvalue weighted by Crippen LogP contribution is 2.34. The third-order valence-corrected chi connectivity index (χ3v) is 5.60. The molecule has 0 radical (unpaired) electrons. The number of H-pyrrole nitrogens is 1. The maximum absolute atomic E-state index is 12.5. The highest BCUT2D eigenvalue weighted by atomic mass is 16.2. The van der Waals surface area contributed by atoms with Crippen molar-refractivity contribution in [2.75, 3.05) is 25.0 Å². The van der Waals surface area contributed by atoms with Gasteiger partial charge in [0.1, 0.15) is 17.8 Å². The number of likely N-dealkylation sites (tertiary alicyclic amines) is 1. The predicted molar refractivity (Wildman–Crippen MR) is 93.8 cm³/mol. The SMILES string of the molecule is C[C@@H]1CCN(C(=O)CC2CC2)C[C@@H]1N(C)c1ncnc2[nH]ccc12. The van der Waals surface area contributed by atoms with E-state index in [1.165, 1.54) is 12.8 Å². The Hall–Kier alpha value is -2.11. The van der Waals surface area contributed by atoms with Crippen LogP contribution < -0.4 is 4.90 Å². The van der Waals surface area contributed by atoms with Crippen LogP contribution in [0.4, 0.5) is 5.82 Å². The minimum absolute atomic E-state index is 0.287. The molecule has 1 saturated heterocycles. The fourth-order valence-corrected chi connectivity index (χ4v) is 3.77. The number of aromatic nitrogens is 3. The first-order chi connectivity index (χ1) is 11.6. The zero-order valence-electron chi connectivity index (χ0n) is 14.4. The van der Waals surface area contributed by atoms with Gasteiger partial charge in [-0.2, -0.15) is 0 Å². The summed E-state index contributed by atoms with van der Waals surface area (Å²) in [5, 5.41) is 1.04. The number of carbonyl (C=O) groups excluding carboxylic acids is 1. The molecular weight excluding hydrogens is 302 g/mol. The van der Waals surface area contributed by atoms with Gasteiger partial charge in [-0.05, 0) is 37.2 Å². The third-order valence-electron chi connectivity index (χ3n) is 5.60. The molecule has 2 fully saturated rings. The molecule has 3 heterocycles. The molecule has 24 heavy (non-hydrogen) atoms. The lowest BCUT2D eigenvalue weighted by Crippen LogP contribution is -2.52. The molecule has 1 aliphatic carbocycles. The van der Waals surface area contributed by atoms with Crippen molar-refractivity contribution in [3.8, 4) is 0 Å². The zero-order valence-corrected chi connectivity index (χ0v) is 14.4. The van der Waals surface area contributed by atoms with Gasteiger partial charge in [0.2, 0.25) is 5.91 Å². The number of piperidine rings is 1. The minimum Gasteiger partial charge on any atom is -0.354 e. The molecule has 2 atom stereocenters. The summed E-state index contributed by atoms with van der Waals surface area (Å²) in [7, 11) is 2.09. The molecule has 1 N–H and O–H groups in total. The molecular formula is C18H25N5O. The van der Waals surface area contributed by atoms with Gasteiger partial charge in [-0.1, -0.05) is 6.92 Å². The molecule has 2 aromatic rings. The highest BCUT2D eigenvalue weighted by Gasteiger charge is 2.34. The van der Waals surface area contributed by atoms with Gasteiger partial charge >= 0.3 is 0 Å². The quantitative estimate of drug-likeness (QED) is 0.937. The van der Waals surface area contributed by atoms with E-state index >= 15 is 0 Å². The first kappa shape index (κ1) is 15.4. The number of hydrogen-bond acceptors (Lipinski definition) is 4. The second-order valence-corrected chi connectivity index (χ2v) is 7.37. The van der Waals surface area contributed by atoms with Crippen molar-refractivity contribution < 1.29 is 4.79 Å². The molecule has 2 aromatic heterocycles. The normalized spacial score (nSPS) is 24.3. The summed E-state index contributed by atoms with van der Waals surface area (Å²) in [4.78, 5) is 28.7. The molecule has 1 amide bonds. The number of hydrogen-bond donors (Lipinski definition) is 1. The fourth-order valence-electron chi connectivity index (χ4n) is 3.77. The number of amides is 1. The van der Waals surface area contributed by atoms with Crippen LogP contribution in [0.25, 0.3) is 11.0 Å². The Morgan fingerprint density at radius 2 is 2.21 bits per heavy atom. The first-order valence-electron chi connectivity index (χ1n) is 8.92. The lowest BCUT2D eigenvalue weighted by molar-refractivity contribution is -0.133. The zero-order chi connectivity index (χ0) is 16.7. The Kier molecular flexibility index (Phi) is 3.90. The van der Waals surface area contributed by atoms with Gasteiger partial charge in [0, 0.05) is 32.8 Å². The molecule has 6 nitrogen and oxygen atoms in total. The van der Waals surface area contributed by atoms with Gasteiger partial charge in [-0.15, -0.1) is 0 Å². The van der Waals surface area contributed by atoms with Gasteiger partial charge in [-0.3, -0.25) is 4.79 Å². The average Bonchev–Trinajstić information content (AvgIpc) is 3.26. The average molecular weight is 327 g/mol. The summed E-state index contributed by atoms with van der Waals surface area (Å²) in [6, 6.07) is 2.31. The summed E-state index contributed by atoms with van der Waals surface area (Å²) < 4.78 is 0. The van der Waals surface area contributed by atoms with E-state index < -0.39 is 0 Å². The van der Waals surface area contributed by atoms with Crippen molar-refractivity contribution in [2.45, 2.75) is 38.6 Å². The smallest absolute Gasteiger partial charge is 0.222 e. The Labute approximate surface area is 142 Å². The summed E-state index contributed by atoms with van der Waals surface area (Å²) in [6.07, 6.45) is 7.74. The molecule has 1 aliphatic heterocycles. The summed E-state index contributed by atoms with van der Waals surface area (Å²) in [5.41, 5.74) is 0.858. The summed E-state index contributed by atoms with van der Waals surface area (Å²) >= 11 is 0. The van der Waals surface area contributed by atoms with Gasteiger partial charge in [0.15, 0.2) is 0 Å². The minimum atomic E-state index is 0.287. The maximum Gasteiger partial charge on any atom is 0.222 e. The van der Waals surface area contributed by atoms with Crippen LogP contribution in [0.2, 0.25) is 0 Å². The van der Waals surface area contributed by atoms with E-state index in [-0.39, 0.29) is 6.04 Å². The highest BCUT2D eigenvalue weighted by molar-refractivity contribution is 5.87. The predicted octanol–water partition coefficient (Wildman–Crippen LogP) is 2.43. The van der Waals surface area contributed by atoms with Crippen LogP contribution in [0.15, 0.2) is 18.6 Å². The lowest BCUT2D eigenvalue weighted by Gasteiger charge is -2.42. The van der Waals surface area contributed by atoms with E-state index in [0.717, 1.165) is 42.8 Å². The van der Waals surface area contributed by atoms with E-state index in [1.54, 1.807) is 6.33 Å². The van der Waals surface area contributed by atoms with Crippen LogP contribution in [-0.2, 0) is 4.79 Å². The molecule has 0 aromatic carbocycles. The van der Waals surface area contributed by atoms with Crippen LogP contribution in [0, 0.1) is 11.8 Å². The molecule has 4 rings (SSSR count). The Bertz CT molecular complexity index is 738. The van der Waals surface area contributed by atoms with Crippen molar-refractivity contribution in [3.63, 3.8) is 0 Å². The van der Waals surface area contributed by atoms with Crippen molar-refractivity contribution in [1.29, 1.82) is 0 Å². The van der Waals surface area contributed by atoms with Crippen LogP contribution >= 0.6 is 0 Å². The van der Waals surface area contributed by atoms with E-state index in [0.29, 0.717) is 17.7 Å². The summed E-state index contributed by atoms with van der Waals surface area (Å²) in [5.74, 6) is 2.45. The number of aromatic amines is 1. The van der Waals surface area contributed by atoms with Gasteiger partial charge < -0.3 is 14.8 Å². The Morgan fingerprint density at radius 1 is 1.38 bits per heavy atom. The largest absolute Gasteiger partial charge is 0.354 e. The number of rotatable bonds is 4. The Morgan fingerprint density at radius 3 is 3.00 bits per heavy atom. The van der Waals surface area contributed by atoms with Gasteiger partial charge in [0.25, 0.3) is 0 Å². The van der Waals surface area contributed by atoms with Crippen LogP contribution in [0.1, 0.15) is 32.6 Å². The van der Waals surface area contributed by atoms with E-state index in [4.69, 9.17) is 0 Å². The third kappa shape index (κ3) is 2.85. The molecule has 128 valence electrons. The van der Waals surface area contributed by atoms with Crippen molar-refractivity contribution in [1.82, 2.24) is 19.9 Å². The second kappa shape index (κ2) is 6.07. The summed E-state index contributed by atoms with van der Waals surface area (Å²) in [6.45, 7) is 3.96. The van der Waals surface area contributed by atoms with Crippen LogP contribution in [0.5, 0.6) is 0 Å². The van der Waals surface area contributed by atoms with Crippen molar-refractivity contribution in [2.24, 2.45) is 11.8 Å². The molecule has 0 bridgehead atoms. The number of fused-ring (bicyclic) bond motifs is 1. The molecule has 2 aliphatic rings. The number of carbonyl (C=O) groups is 1. The second-order valence-electron chi connectivity index (χ2n) is 7.37. The molecule has 0 spiro atoms. The molecule has 0 unspecified atom stereocenters. The van der Waals surface area contributed by atoms with Gasteiger partial charge in [0.05, 0.1) is 11.4 Å². The number of likely N-dealkylation sites (N-methyl/N-ethyl adjacent to an activating group) is 1. The number of anilines is 1. The monoisotopic (exact) mass is 327 g/mol. The Balaban J connectivity index is 1.54. The van der Waals surface area contributed by atoms with Crippen LogP contribution in [-0.4, -0.2) is 51.9 Å². The van der Waals surface area contributed by atoms with Gasteiger partial charge in [-0.25, -0.2) is 9.97 Å². The van der Waals surface area contributed by atoms with E-state index in [1.807, 2.05) is 12.3 Å². The van der Waals surface area contributed by atoms with E-state index in [2.05, 4.69) is 38.7 Å². The fraction of sp³-hybridized carbons (Fsp3) is 0.611. The number of nitrogens with one attached hydrogen (secondary N) is 1. The topological polar surface area (TPSA) is 65.1 Å². The molecule has 1 saturated carbocycles. The number of nitrogens with zero attached hydrogens (tertiary/aromatic N) is 4. The standard InChI is InChI=1S/C18H25N5O/c1-12-6-8-23(16(24)9-13-3-4-13)10-15(12)22(2)18-14-5-7-19-17(14)20-11-21-18/h5,7,11-13,15H,3-4,6,8-10H2,1-2H3,(H,19,20,21)/t12-,15+/m1/s1. The maximum atomic E-state index is 12.5. The van der Waals surface area contributed by atoms with Crippen LogP contribution in [0.3, 0.4) is 0 Å². The first-order valence-corrected chi connectivity index (χ1v) is 8.92. The van der Waals surface area contributed by atoms with Crippen molar-refractivity contribution in [3.05, 3.63) is 18.6 Å². The van der Waals surface area contributed by atoms with Crippen molar-refractivity contribution >= 4 is 22.8 Å². The molecule has 6 heteroatoms. The van der Waals surface area contributed by atoms with E-state index in [9.17, 15) is 4.79 Å².